The number of nitrogens with zero attached hydrogens (tertiary/aromatic N) is 3. The quantitative estimate of drug-likeness (QED) is 0.461. The lowest BCUT2D eigenvalue weighted by atomic mass is 10.00. The first-order valence-corrected chi connectivity index (χ1v) is 8.20. The van der Waals surface area contributed by atoms with Crippen molar-refractivity contribution in [3.8, 4) is 0 Å². The molecule has 2 heterocycles. The zero-order valence-corrected chi connectivity index (χ0v) is 16.3. The molecular formula is C15H27IN4S. The summed E-state index contributed by atoms with van der Waals surface area (Å²) in [5.74, 6) is 1.53. The number of rotatable bonds is 4. The molecule has 0 bridgehead atoms. The lowest BCUT2D eigenvalue weighted by Crippen LogP contribution is -2.42. The minimum atomic E-state index is 0. The number of halogens is 1. The number of hydrogen-bond donors (Lipinski definition) is 1. The van der Waals surface area contributed by atoms with Gasteiger partial charge in [0.2, 0.25) is 0 Å². The van der Waals surface area contributed by atoms with Crippen LogP contribution in [0.1, 0.15) is 30.7 Å². The van der Waals surface area contributed by atoms with Crippen LogP contribution in [0.25, 0.3) is 0 Å². The van der Waals surface area contributed by atoms with Gasteiger partial charge in [-0.05, 0) is 44.3 Å². The number of aliphatic imine (C=N–C) groups is 1. The Bertz CT molecular complexity index is 425. The summed E-state index contributed by atoms with van der Waals surface area (Å²) in [5, 5.41) is 2.12. The summed E-state index contributed by atoms with van der Waals surface area (Å²) in [6.45, 7) is 5.12. The van der Waals surface area contributed by atoms with Gasteiger partial charge in [-0.1, -0.05) is 13.0 Å². The van der Waals surface area contributed by atoms with Gasteiger partial charge in [-0.3, -0.25) is 4.99 Å². The monoisotopic (exact) mass is 422 g/mol. The third kappa shape index (κ3) is 5.41. The van der Waals surface area contributed by atoms with Crippen LogP contribution < -0.4 is 5.73 Å². The van der Waals surface area contributed by atoms with Gasteiger partial charge in [-0.2, -0.15) is 0 Å². The number of nitrogens with two attached hydrogens (primary N) is 1. The first-order valence-electron chi connectivity index (χ1n) is 7.32. The van der Waals surface area contributed by atoms with Crippen molar-refractivity contribution in [3.63, 3.8) is 0 Å². The van der Waals surface area contributed by atoms with Crippen molar-refractivity contribution < 1.29 is 0 Å². The van der Waals surface area contributed by atoms with Crippen LogP contribution in [0.2, 0.25) is 0 Å². The summed E-state index contributed by atoms with van der Waals surface area (Å²) in [6, 6.07) is 4.58. The van der Waals surface area contributed by atoms with E-state index in [4.69, 9.17) is 5.73 Å². The van der Waals surface area contributed by atoms with E-state index in [1.165, 1.54) is 17.7 Å². The van der Waals surface area contributed by atoms with Crippen molar-refractivity contribution in [1.82, 2.24) is 9.80 Å². The van der Waals surface area contributed by atoms with Crippen molar-refractivity contribution in [3.05, 3.63) is 22.4 Å². The molecule has 2 N–H and O–H groups in total. The van der Waals surface area contributed by atoms with Crippen molar-refractivity contribution in [1.29, 1.82) is 0 Å². The highest BCUT2D eigenvalue weighted by Gasteiger charge is 2.18. The lowest BCUT2D eigenvalue weighted by molar-refractivity contribution is 0.274. The molecule has 1 aromatic rings. The third-order valence-electron chi connectivity index (χ3n) is 4.03. The lowest BCUT2D eigenvalue weighted by Gasteiger charge is -2.31. The smallest absolute Gasteiger partial charge is 0.191 e. The number of hydrogen-bond acceptors (Lipinski definition) is 3. The van der Waals surface area contributed by atoms with Gasteiger partial charge in [0.25, 0.3) is 0 Å². The molecular weight excluding hydrogens is 395 g/mol. The Morgan fingerprint density at radius 3 is 2.67 bits per heavy atom. The van der Waals surface area contributed by atoms with E-state index in [9.17, 15) is 0 Å². The van der Waals surface area contributed by atoms with Gasteiger partial charge in [-0.15, -0.1) is 35.3 Å². The van der Waals surface area contributed by atoms with Crippen LogP contribution >= 0.6 is 35.3 Å². The molecule has 1 unspecified atom stereocenters. The van der Waals surface area contributed by atoms with E-state index in [1.54, 1.807) is 11.3 Å². The highest BCUT2D eigenvalue weighted by Crippen LogP contribution is 2.23. The van der Waals surface area contributed by atoms with Crippen LogP contribution in [-0.2, 0) is 0 Å². The second-order valence-corrected chi connectivity index (χ2v) is 6.84. The fourth-order valence-electron chi connectivity index (χ4n) is 2.51. The van der Waals surface area contributed by atoms with Crippen LogP contribution in [0.4, 0.5) is 0 Å². The molecule has 0 aliphatic carbocycles. The standard InChI is InChI=1S/C15H26N4S.HI/c1-12-6-8-19(9-7-12)15(16)17-11-13(18(2)3)14-5-4-10-20-14;/h4-5,10,12-13H,6-9,11H2,1-3H3,(H2,16,17);1H. The highest BCUT2D eigenvalue weighted by molar-refractivity contribution is 14.0. The topological polar surface area (TPSA) is 44.9 Å². The largest absolute Gasteiger partial charge is 0.370 e. The molecule has 21 heavy (non-hydrogen) atoms. The number of likely N-dealkylation sites (tertiary alicyclic amines) is 1. The molecule has 0 amide bonds. The van der Waals surface area contributed by atoms with Crippen molar-refractivity contribution in [2.75, 3.05) is 33.7 Å². The predicted molar refractivity (Wildman–Crippen MR) is 103 cm³/mol. The molecule has 0 saturated carbocycles. The number of piperidine rings is 1. The molecule has 1 saturated heterocycles. The van der Waals surface area contributed by atoms with E-state index in [0.717, 1.165) is 25.6 Å². The minimum absolute atomic E-state index is 0. The highest BCUT2D eigenvalue weighted by atomic mass is 127. The number of thiophene rings is 1. The Balaban J connectivity index is 0.00000220. The normalized spacial score (nSPS) is 18.7. The van der Waals surface area contributed by atoms with E-state index < -0.39 is 0 Å². The zero-order valence-electron chi connectivity index (χ0n) is 13.2. The first-order chi connectivity index (χ1) is 9.58. The van der Waals surface area contributed by atoms with Gasteiger partial charge in [0.15, 0.2) is 5.96 Å². The van der Waals surface area contributed by atoms with Crippen molar-refractivity contribution in [2.45, 2.75) is 25.8 Å². The van der Waals surface area contributed by atoms with Gasteiger partial charge in [-0.25, -0.2) is 0 Å². The van der Waals surface area contributed by atoms with Crippen LogP contribution in [0, 0.1) is 5.92 Å². The van der Waals surface area contributed by atoms with Gasteiger partial charge < -0.3 is 15.5 Å². The number of guanidine groups is 1. The van der Waals surface area contributed by atoms with Crippen LogP contribution in [0.5, 0.6) is 0 Å². The second kappa shape index (κ2) is 8.95. The molecule has 1 aliphatic heterocycles. The third-order valence-corrected chi connectivity index (χ3v) is 5.00. The SMILES string of the molecule is CC1CCN(C(N)=NCC(c2cccs2)N(C)C)CC1.I. The molecule has 2 rings (SSSR count). The summed E-state index contributed by atoms with van der Waals surface area (Å²) in [4.78, 5) is 10.4. The van der Waals surface area contributed by atoms with Gasteiger partial charge >= 0.3 is 0 Å². The van der Waals surface area contributed by atoms with E-state index in [1.807, 2.05) is 0 Å². The summed E-state index contributed by atoms with van der Waals surface area (Å²) in [7, 11) is 4.19. The molecule has 0 aromatic carbocycles. The van der Waals surface area contributed by atoms with Gasteiger partial charge in [0, 0.05) is 18.0 Å². The Morgan fingerprint density at radius 1 is 1.48 bits per heavy atom. The maximum atomic E-state index is 6.16. The molecule has 0 spiro atoms. The van der Waals surface area contributed by atoms with Crippen molar-refractivity contribution >= 4 is 41.3 Å². The Morgan fingerprint density at radius 2 is 2.14 bits per heavy atom. The average molecular weight is 422 g/mol. The average Bonchev–Trinajstić information content (AvgIpc) is 2.93. The fourth-order valence-corrected chi connectivity index (χ4v) is 3.42. The molecule has 0 radical (unpaired) electrons. The first kappa shape index (κ1) is 18.7. The van der Waals surface area contributed by atoms with Crippen molar-refractivity contribution in [2.24, 2.45) is 16.6 Å². The van der Waals surface area contributed by atoms with E-state index in [-0.39, 0.29) is 24.0 Å². The molecule has 6 heteroatoms. The number of likely N-dealkylation sites (N-methyl/N-ethyl adjacent to an activating group) is 1. The van der Waals surface area contributed by atoms with Crippen LogP contribution in [0.15, 0.2) is 22.5 Å². The van der Waals surface area contributed by atoms with Crippen LogP contribution in [0.3, 0.4) is 0 Å². The minimum Gasteiger partial charge on any atom is -0.370 e. The summed E-state index contributed by atoms with van der Waals surface area (Å²) >= 11 is 1.78. The second-order valence-electron chi connectivity index (χ2n) is 5.86. The maximum Gasteiger partial charge on any atom is 0.191 e. The molecule has 1 aromatic heterocycles. The van der Waals surface area contributed by atoms with Crippen LogP contribution in [-0.4, -0.2) is 49.5 Å². The Kier molecular flexibility index (Phi) is 7.97. The molecule has 120 valence electrons. The maximum absolute atomic E-state index is 6.16. The molecule has 1 aliphatic rings. The Labute approximate surface area is 149 Å². The summed E-state index contributed by atoms with van der Waals surface area (Å²) in [6.07, 6.45) is 2.44. The molecule has 1 fully saturated rings. The Hall–Kier alpha value is -0.340. The van der Waals surface area contributed by atoms with Gasteiger partial charge in [0.05, 0.1) is 12.6 Å². The van der Waals surface area contributed by atoms with Gasteiger partial charge in [0.1, 0.15) is 0 Å². The predicted octanol–water partition coefficient (Wildman–Crippen LogP) is 3.02. The van der Waals surface area contributed by atoms with E-state index in [0.29, 0.717) is 12.0 Å². The zero-order chi connectivity index (χ0) is 14.5. The molecule has 1 atom stereocenters. The van der Waals surface area contributed by atoms with E-state index >= 15 is 0 Å². The van der Waals surface area contributed by atoms with E-state index in [2.05, 4.69) is 53.3 Å². The fraction of sp³-hybridized carbons (Fsp3) is 0.667. The molecule has 4 nitrogen and oxygen atoms in total. The summed E-state index contributed by atoms with van der Waals surface area (Å²) in [5.41, 5.74) is 6.16. The summed E-state index contributed by atoms with van der Waals surface area (Å²) < 4.78 is 0.